The molecule has 0 amide bonds. The molecule has 0 saturated heterocycles. The van der Waals surface area contributed by atoms with E-state index in [1.807, 2.05) is 36.4 Å². The summed E-state index contributed by atoms with van der Waals surface area (Å²) in [5.74, 6) is 0.0543. The first kappa shape index (κ1) is 10.7. The maximum Gasteiger partial charge on any atom is 0.159 e. The summed E-state index contributed by atoms with van der Waals surface area (Å²) in [7, 11) is 0. The highest BCUT2D eigenvalue weighted by Gasteiger charge is 2.08. The van der Waals surface area contributed by atoms with E-state index in [-0.39, 0.29) is 5.78 Å². The lowest BCUT2D eigenvalue weighted by Crippen LogP contribution is -1.95. The second-order valence-corrected chi connectivity index (χ2v) is 4.07. The fourth-order valence-corrected chi connectivity index (χ4v) is 1.92. The molecule has 4 heteroatoms. The summed E-state index contributed by atoms with van der Waals surface area (Å²) < 4.78 is 1.76. The summed E-state index contributed by atoms with van der Waals surface area (Å²) in [4.78, 5) is 15.7. The van der Waals surface area contributed by atoms with Crippen LogP contribution in [0.5, 0.6) is 0 Å². The Balaban J connectivity index is 2.20. The van der Waals surface area contributed by atoms with Crippen LogP contribution in [0, 0.1) is 0 Å². The van der Waals surface area contributed by atoms with E-state index in [9.17, 15) is 4.79 Å². The number of rotatable bonds is 2. The fourth-order valence-electron chi connectivity index (χ4n) is 1.92. The Morgan fingerprint density at radius 3 is 2.94 bits per heavy atom. The quantitative estimate of drug-likeness (QED) is 0.643. The fraction of sp³-hybridized carbons (Fsp3) is 0.0714. The Morgan fingerprint density at radius 1 is 1.22 bits per heavy atom. The van der Waals surface area contributed by atoms with Crippen LogP contribution in [-0.4, -0.2) is 20.4 Å². The SMILES string of the molecule is CC(=O)c1cccc(-c2cnc3cccnn23)c1. The van der Waals surface area contributed by atoms with Crippen LogP contribution in [-0.2, 0) is 0 Å². The van der Waals surface area contributed by atoms with E-state index in [1.54, 1.807) is 23.8 Å². The van der Waals surface area contributed by atoms with Crippen molar-refractivity contribution in [1.29, 1.82) is 0 Å². The van der Waals surface area contributed by atoms with E-state index in [2.05, 4.69) is 10.1 Å². The molecule has 0 unspecified atom stereocenters. The highest BCUT2D eigenvalue weighted by Crippen LogP contribution is 2.21. The van der Waals surface area contributed by atoms with Gasteiger partial charge in [0.1, 0.15) is 0 Å². The zero-order valence-corrected chi connectivity index (χ0v) is 9.87. The first-order valence-electron chi connectivity index (χ1n) is 5.66. The summed E-state index contributed by atoms with van der Waals surface area (Å²) in [5.41, 5.74) is 3.31. The van der Waals surface area contributed by atoms with Gasteiger partial charge in [-0.3, -0.25) is 4.79 Å². The van der Waals surface area contributed by atoms with Crippen molar-refractivity contribution in [2.75, 3.05) is 0 Å². The van der Waals surface area contributed by atoms with Gasteiger partial charge in [0.15, 0.2) is 11.4 Å². The van der Waals surface area contributed by atoms with Crippen molar-refractivity contribution in [1.82, 2.24) is 14.6 Å². The third-order valence-corrected chi connectivity index (χ3v) is 2.84. The predicted molar refractivity (Wildman–Crippen MR) is 68.4 cm³/mol. The topological polar surface area (TPSA) is 47.3 Å². The Hall–Kier alpha value is -2.49. The number of aromatic nitrogens is 3. The second kappa shape index (κ2) is 4.07. The number of ketones is 1. The molecule has 0 spiro atoms. The zero-order chi connectivity index (χ0) is 12.5. The number of hydrogen-bond donors (Lipinski definition) is 0. The van der Waals surface area contributed by atoms with Crippen molar-refractivity contribution in [2.24, 2.45) is 0 Å². The number of fused-ring (bicyclic) bond motifs is 1. The van der Waals surface area contributed by atoms with E-state index in [1.165, 1.54) is 0 Å². The molecule has 0 saturated carbocycles. The molecule has 2 heterocycles. The smallest absolute Gasteiger partial charge is 0.159 e. The molecule has 18 heavy (non-hydrogen) atoms. The van der Waals surface area contributed by atoms with Crippen LogP contribution in [0.2, 0.25) is 0 Å². The highest BCUT2D eigenvalue weighted by atomic mass is 16.1. The van der Waals surface area contributed by atoms with Crippen LogP contribution in [0.25, 0.3) is 16.9 Å². The van der Waals surface area contributed by atoms with Crippen LogP contribution < -0.4 is 0 Å². The van der Waals surface area contributed by atoms with Gasteiger partial charge >= 0.3 is 0 Å². The Labute approximate surface area is 104 Å². The van der Waals surface area contributed by atoms with Gasteiger partial charge in [-0.2, -0.15) is 5.10 Å². The average molecular weight is 237 g/mol. The average Bonchev–Trinajstić information content (AvgIpc) is 2.82. The minimum absolute atomic E-state index is 0.0543. The summed E-state index contributed by atoms with van der Waals surface area (Å²) in [6.45, 7) is 1.56. The number of Topliss-reactive ketones (excluding diaryl/α,β-unsaturated/α-hetero) is 1. The van der Waals surface area contributed by atoms with Gasteiger partial charge in [-0.25, -0.2) is 9.50 Å². The molecule has 88 valence electrons. The van der Waals surface area contributed by atoms with E-state index >= 15 is 0 Å². The number of imidazole rings is 1. The number of nitrogens with zero attached hydrogens (tertiary/aromatic N) is 3. The molecular weight excluding hydrogens is 226 g/mol. The van der Waals surface area contributed by atoms with Gasteiger partial charge in [-0.05, 0) is 25.1 Å². The summed E-state index contributed by atoms with van der Waals surface area (Å²) in [6, 6.07) is 11.2. The molecule has 0 atom stereocenters. The van der Waals surface area contributed by atoms with Crippen molar-refractivity contribution in [3.05, 3.63) is 54.4 Å². The molecule has 0 radical (unpaired) electrons. The van der Waals surface area contributed by atoms with Crippen LogP contribution in [0.4, 0.5) is 0 Å². The van der Waals surface area contributed by atoms with Gasteiger partial charge in [0.2, 0.25) is 0 Å². The molecular formula is C14H11N3O. The van der Waals surface area contributed by atoms with Crippen LogP contribution in [0.15, 0.2) is 48.8 Å². The van der Waals surface area contributed by atoms with E-state index in [0.717, 1.165) is 16.9 Å². The van der Waals surface area contributed by atoms with Crippen LogP contribution in [0.3, 0.4) is 0 Å². The van der Waals surface area contributed by atoms with Gasteiger partial charge < -0.3 is 0 Å². The van der Waals surface area contributed by atoms with Crippen molar-refractivity contribution < 1.29 is 4.79 Å². The van der Waals surface area contributed by atoms with Crippen molar-refractivity contribution >= 4 is 11.4 Å². The molecule has 0 bridgehead atoms. The first-order chi connectivity index (χ1) is 8.75. The van der Waals surface area contributed by atoms with Crippen LogP contribution >= 0.6 is 0 Å². The molecule has 0 N–H and O–H groups in total. The van der Waals surface area contributed by atoms with Gasteiger partial charge in [0.25, 0.3) is 0 Å². The van der Waals surface area contributed by atoms with Crippen molar-refractivity contribution in [2.45, 2.75) is 6.92 Å². The minimum Gasteiger partial charge on any atom is -0.295 e. The summed E-state index contributed by atoms with van der Waals surface area (Å²) >= 11 is 0. The molecule has 2 aromatic heterocycles. The molecule has 0 aliphatic heterocycles. The third-order valence-electron chi connectivity index (χ3n) is 2.84. The van der Waals surface area contributed by atoms with Crippen molar-refractivity contribution in [3.8, 4) is 11.3 Å². The molecule has 4 nitrogen and oxygen atoms in total. The molecule has 3 rings (SSSR count). The molecule has 0 aliphatic carbocycles. The standard InChI is InChI=1S/C14H11N3O/c1-10(18)11-4-2-5-12(8-11)13-9-15-14-6-3-7-16-17(13)14/h2-9H,1H3. The van der Waals surface area contributed by atoms with Gasteiger partial charge in [-0.1, -0.05) is 18.2 Å². The first-order valence-corrected chi connectivity index (χ1v) is 5.66. The van der Waals surface area contributed by atoms with Gasteiger partial charge in [0, 0.05) is 17.3 Å². The van der Waals surface area contributed by atoms with E-state index in [0.29, 0.717) is 5.56 Å². The number of benzene rings is 1. The monoisotopic (exact) mass is 237 g/mol. The van der Waals surface area contributed by atoms with Gasteiger partial charge in [0.05, 0.1) is 11.9 Å². The normalized spacial score (nSPS) is 10.7. The highest BCUT2D eigenvalue weighted by molar-refractivity contribution is 5.95. The van der Waals surface area contributed by atoms with E-state index in [4.69, 9.17) is 0 Å². The van der Waals surface area contributed by atoms with Crippen LogP contribution in [0.1, 0.15) is 17.3 Å². The lowest BCUT2D eigenvalue weighted by Gasteiger charge is -2.02. The molecule has 0 fully saturated rings. The third kappa shape index (κ3) is 1.68. The molecule has 0 aliphatic rings. The van der Waals surface area contributed by atoms with E-state index < -0.39 is 0 Å². The maximum absolute atomic E-state index is 11.4. The lowest BCUT2D eigenvalue weighted by atomic mass is 10.1. The lowest BCUT2D eigenvalue weighted by molar-refractivity contribution is 0.101. The van der Waals surface area contributed by atoms with Gasteiger partial charge in [-0.15, -0.1) is 0 Å². The largest absolute Gasteiger partial charge is 0.295 e. The summed E-state index contributed by atoms with van der Waals surface area (Å²) in [6.07, 6.45) is 3.48. The maximum atomic E-state index is 11.4. The Bertz CT molecular complexity index is 730. The van der Waals surface area contributed by atoms with Crippen molar-refractivity contribution in [3.63, 3.8) is 0 Å². The Morgan fingerprint density at radius 2 is 2.11 bits per heavy atom. The number of hydrogen-bond acceptors (Lipinski definition) is 3. The summed E-state index contributed by atoms with van der Waals surface area (Å²) in [5, 5.41) is 4.26. The second-order valence-electron chi connectivity index (χ2n) is 4.07. The number of carbonyl (C=O) groups excluding carboxylic acids is 1. The zero-order valence-electron chi connectivity index (χ0n) is 9.87. The number of carbonyl (C=O) groups is 1. The molecule has 1 aromatic carbocycles. The predicted octanol–water partition coefficient (Wildman–Crippen LogP) is 2.60. The minimum atomic E-state index is 0.0543. The molecule has 3 aromatic rings. The Kier molecular flexibility index (Phi) is 2.41.